The predicted octanol–water partition coefficient (Wildman–Crippen LogP) is 3.75. The molecule has 0 spiro atoms. The largest absolute Gasteiger partial charge is 0.365 e. The van der Waals surface area contributed by atoms with Crippen LogP contribution in [-0.4, -0.2) is 11.8 Å². The van der Waals surface area contributed by atoms with E-state index in [4.69, 9.17) is 5.73 Å². The molecule has 1 atom stereocenters. The molecule has 4 nitrogen and oxygen atoms in total. The number of hydrogen-bond donors (Lipinski definition) is 2. The summed E-state index contributed by atoms with van der Waals surface area (Å²) in [5.41, 5.74) is 6.82. The van der Waals surface area contributed by atoms with Gasteiger partial charge < -0.3 is 11.1 Å². The Morgan fingerprint density at radius 2 is 2.12 bits per heavy atom. The topological polar surface area (TPSA) is 72.2 Å². The normalized spacial score (nSPS) is 16.5. The van der Waals surface area contributed by atoms with Gasteiger partial charge in [-0.2, -0.15) is 0 Å². The van der Waals surface area contributed by atoms with Gasteiger partial charge in [0.1, 0.15) is 10.8 Å². The van der Waals surface area contributed by atoms with Gasteiger partial charge in [0.2, 0.25) is 0 Å². The Hall–Kier alpha value is -2.21. The summed E-state index contributed by atoms with van der Waals surface area (Å²) in [6.07, 6.45) is 3.78. The van der Waals surface area contributed by atoms with Gasteiger partial charge in [0.05, 0.1) is 11.1 Å². The monoisotopic (exact) mass is 346 g/mol. The minimum absolute atomic E-state index is 0.0503. The van der Waals surface area contributed by atoms with Gasteiger partial charge in [-0.1, -0.05) is 25.5 Å². The summed E-state index contributed by atoms with van der Waals surface area (Å²) >= 11 is 1.38. The summed E-state index contributed by atoms with van der Waals surface area (Å²) < 4.78 is 13.8. The second kappa shape index (κ2) is 6.73. The number of fused-ring (bicyclic) bond motifs is 1. The Morgan fingerprint density at radius 3 is 2.79 bits per heavy atom. The molecule has 0 saturated heterocycles. The lowest BCUT2D eigenvalue weighted by molar-refractivity contribution is 0.1000. The Balaban J connectivity index is 1.94. The quantitative estimate of drug-likeness (QED) is 0.885. The van der Waals surface area contributed by atoms with Gasteiger partial charge in [-0.15, -0.1) is 11.3 Å². The highest BCUT2D eigenvalue weighted by Crippen LogP contribution is 2.40. The maximum Gasteiger partial charge on any atom is 0.259 e. The smallest absolute Gasteiger partial charge is 0.259 e. The first-order chi connectivity index (χ1) is 11.5. The van der Waals surface area contributed by atoms with Crippen LogP contribution < -0.4 is 11.1 Å². The van der Waals surface area contributed by atoms with Crippen molar-refractivity contribution in [3.8, 4) is 0 Å². The molecule has 1 aromatic heterocycles. The second-order valence-electron chi connectivity index (χ2n) is 6.02. The number of thiophene rings is 1. The molecule has 0 radical (unpaired) electrons. The number of amides is 2. The van der Waals surface area contributed by atoms with Crippen LogP contribution in [0.2, 0.25) is 0 Å². The van der Waals surface area contributed by atoms with E-state index in [1.807, 2.05) is 0 Å². The standard InChI is InChI=1S/C18H19FN2O2S/c1-2-10-7-8-12-14(9-10)24-18(15(12)16(20)22)21-17(23)11-5-3-4-6-13(11)19/h3-6,10H,2,7-9H2,1H3,(H2,20,22)(H,21,23)/t10-/m1/s1. The van der Waals surface area contributed by atoms with Gasteiger partial charge in [0.25, 0.3) is 11.8 Å². The van der Waals surface area contributed by atoms with Crippen molar-refractivity contribution in [3.05, 3.63) is 51.7 Å². The third-order valence-corrected chi connectivity index (χ3v) is 5.71. The molecule has 1 heterocycles. The summed E-state index contributed by atoms with van der Waals surface area (Å²) in [6.45, 7) is 2.15. The first-order valence-corrected chi connectivity index (χ1v) is 8.83. The number of rotatable bonds is 4. The third-order valence-electron chi connectivity index (χ3n) is 4.54. The lowest BCUT2D eigenvalue weighted by Crippen LogP contribution is -2.20. The van der Waals surface area contributed by atoms with Crippen LogP contribution >= 0.6 is 11.3 Å². The Bertz CT molecular complexity index is 800. The van der Waals surface area contributed by atoms with Crippen molar-refractivity contribution in [1.29, 1.82) is 0 Å². The van der Waals surface area contributed by atoms with Crippen LogP contribution in [0.1, 0.15) is 50.9 Å². The molecule has 1 aromatic carbocycles. The number of carbonyl (C=O) groups is 2. The number of benzene rings is 1. The van der Waals surface area contributed by atoms with Crippen molar-refractivity contribution in [3.63, 3.8) is 0 Å². The van der Waals surface area contributed by atoms with Crippen molar-refractivity contribution in [2.24, 2.45) is 11.7 Å². The molecule has 24 heavy (non-hydrogen) atoms. The molecule has 0 bridgehead atoms. The van der Waals surface area contributed by atoms with E-state index in [0.717, 1.165) is 36.1 Å². The van der Waals surface area contributed by atoms with Crippen LogP contribution in [0.3, 0.4) is 0 Å². The maximum atomic E-state index is 13.8. The fraction of sp³-hybridized carbons (Fsp3) is 0.333. The molecule has 3 N–H and O–H groups in total. The average Bonchev–Trinajstić information content (AvgIpc) is 2.91. The van der Waals surface area contributed by atoms with Crippen LogP contribution in [0.4, 0.5) is 9.39 Å². The van der Waals surface area contributed by atoms with E-state index < -0.39 is 17.6 Å². The summed E-state index contributed by atoms with van der Waals surface area (Å²) in [5.74, 6) is -1.12. The first-order valence-electron chi connectivity index (χ1n) is 8.01. The highest BCUT2D eigenvalue weighted by molar-refractivity contribution is 7.17. The van der Waals surface area contributed by atoms with E-state index in [9.17, 15) is 14.0 Å². The highest BCUT2D eigenvalue weighted by Gasteiger charge is 2.28. The van der Waals surface area contributed by atoms with Gasteiger partial charge in [0.15, 0.2) is 0 Å². The molecule has 0 fully saturated rings. The van der Waals surface area contributed by atoms with Crippen LogP contribution in [0.5, 0.6) is 0 Å². The van der Waals surface area contributed by atoms with Crippen molar-refractivity contribution in [1.82, 2.24) is 0 Å². The number of hydrogen-bond acceptors (Lipinski definition) is 3. The number of carbonyl (C=O) groups excluding carboxylic acids is 2. The third kappa shape index (κ3) is 3.06. The molecule has 126 valence electrons. The van der Waals surface area contributed by atoms with E-state index in [1.165, 1.54) is 29.5 Å². The molecule has 1 aliphatic rings. The molecule has 1 aliphatic carbocycles. The Morgan fingerprint density at radius 1 is 1.38 bits per heavy atom. The Labute approximate surface area is 143 Å². The van der Waals surface area contributed by atoms with Crippen LogP contribution in [0.15, 0.2) is 24.3 Å². The van der Waals surface area contributed by atoms with Crippen molar-refractivity contribution < 1.29 is 14.0 Å². The number of anilines is 1. The summed E-state index contributed by atoms with van der Waals surface area (Å²) in [7, 11) is 0. The van der Waals surface area contributed by atoms with Gasteiger partial charge in [0, 0.05) is 4.88 Å². The molecule has 0 saturated carbocycles. The molecule has 2 aromatic rings. The maximum absolute atomic E-state index is 13.8. The molecule has 0 unspecified atom stereocenters. The van der Waals surface area contributed by atoms with Crippen molar-refractivity contribution in [2.75, 3.05) is 5.32 Å². The molecule has 3 rings (SSSR count). The van der Waals surface area contributed by atoms with Gasteiger partial charge in [-0.3, -0.25) is 9.59 Å². The minimum atomic E-state index is -0.594. The average molecular weight is 346 g/mol. The number of nitrogens with two attached hydrogens (primary N) is 1. The van der Waals surface area contributed by atoms with Gasteiger partial charge in [-0.25, -0.2) is 4.39 Å². The molecular formula is C18H19FN2O2S. The van der Waals surface area contributed by atoms with E-state index in [-0.39, 0.29) is 5.56 Å². The zero-order valence-electron chi connectivity index (χ0n) is 13.4. The fourth-order valence-corrected chi connectivity index (χ4v) is 4.53. The lowest BCUT2D eigenvalue weighted by atomic mass is 9.85. The van der Waals surface area contributed by atoms with E-state index in [0.29, 0.717) is 16.5 Å². The molecule has 0 aliphatic heterocycles. The Kier molecular flexibility index (Phi) is 4.66. The molecule has 6 heteroatoms. The number of halogens is 1. The SMILES string of the molecule is CC[C@@H]1CCc2c(sc(NC(=O)c3ccccc3F)c2C(N)=O)C1. The zero-order valence-corrected chi connectivity index (χ0v) is 14.2. The summed E-state index contributed by atoms with van der Waals surface area (Å²) in [5, 5.41) is 3.11. The van der Waals surface area contributed by atoms with Gasteiger partial charge >= 0.3 is 0 Å². The molecular weight excluding hydrogens is 327 g/mol. The highest BCUT2D eigenvalue weighted by atomic mass is 32.1. The van der Waals surface area contributed by atoms with Crippen molar-refractivity contribution >= 4 is 28.2 Å². The first kappa shape index (κ1) is 16.6. The number of primary amides is 1. The van der Waals surface area contributed by atoms with Gasteiger partial charge in [-0.05, 0) is 42.9 Å². The molecule has 2 amide bonds. The fourth-order valence-electron chi connectivity index (χ4n) is 3.17. The second-order valence-corrected chi connectivity index (χ2v) is 7.13. The zero-order chi connectivity index (χ0) is 17.3. The van der Waals surface area contributed by atoms with E-state index in [1.54, 1.807) is 6.07 Å². The number of nitrogens with one attached hydrogen (secondary N) is 1. The van der Waals surface area contributed by atoms with E-state index >= 15 is 0 Å². The predicted molar refractivity (Wildman–Crippen MR) is 93.0 cm³/mol. The van der Waals surface area contributed by atoms with Crippen LogP contribution in [0, 0.1) is 11.7 Å². The van der Waals surface area contributed by atoms with Crippen LogP contribution in [0.25, 0.3) is 0 Å². The van der Waals surface area contributed by atoms with Crippen molar-refractivity contribution in [2.45, 2.75) is 32.6 Å². The summed E-state index contributed by atoms with van der Waals surface area (Å²) in [6, 6.07) is 5.76. The minimum Gasteiger partial charge on any atom is -0.365 e. The lowest BCUT2D eigenvalue weighted by Gasteiger charge is -2.20. The summed E-state index contributed by atoms with van der Waals surface area (Å²) in [4.78, 5) is 25.3. The van der Waals surface area contributed by atoms with E-state index in [2.05, 4.69) is 12.2 Å². The van der Waals surface area contributed by atoms with Crippen LogP contribution in [-0.2, 0) is 12.8 Å².